The molecule has 0 saturated carbocycles. The van der Waals surface area contributed by atoms with Gasteiger partial charge in [-0.05, 0) is 53.6 Å². The number of halogens is 1. The molecule has 19 heavy (non-hydrogen) atoms. The topological polar surface area (TPSA) is 57.6 Å². The maximum Gasteiger partial charge on any atom is 0.311 e. The van der Waals surface area contributed by atoms with Gasteiger partial charge in [-0.1, -0.05) is 13.0 Å². The lowest BCUT2D eigenvalue weighted by molar-refractivity contribution is -0.148. The molecule has 102 valence electrons. The van der Waals surface area contributed by atoms with Gasteiger partial charge in [0.15, 0.2) is 0 Å². The van der Waals surface area contributed by atoms with Gasteiger partial charge in [-0.3, -0.25) is 9.59 Å². The number of hydrogen-bond acceptors (Lipinski definition) is 2. The van der Waals surface area contributed by atoms with Crippen molar-refractivity contribution in [1.82, 2.24) is 4.90 Å². The van der Waals surface area contributed by atoms with E-state index >= 15 is 0 Å². The van der Waals surface area contributed by atoms with Gasteiger partial charge in [0, 0.05) is 22.2 Å². The van der Waals surface area contributed by atoms with Crippen LogP contribution in [0.15, 0.2) is 24.3 Å². The molecule has 5 heteroatoms. The second-order valence-corrected chi connectivity index (χ2v) is 6.17. The second kappa shape index (κ2) is 5.48. The number of carboxylic acid groups (broad SMARTS) is 1. The van der Waals surface area contributed by atoms with Crippen molar-refractivity contribution in [2.24, 2.45) is 5.41 Å². The highest BCUT2D eigenvalue weighted by atomic mass is 127. The van der Waals surface area contributed by atoms with Crippen LogP contribution in [0.3, 0.4) is 0 Å². The van der Waals surface area contributed by atoms with Crippen LogP contribution in [-0.2, 0) is 4.79 Å². The lowest BCUT2D eigenvalue weighted by atomic mass is 9.84. The van der Waals surface area contributed by atoms with Gasteiger partial charge in [0.25, 0.3) is 5.91 Å². The first-order valence-electron chi connectivity index (χ1n) is 6.27. The van der Waals surface area contributed by atoms with Gasteiger partial charge in [0.1, 0.15) is 0 Å². The molecule has 1 aromatic carbocycles. The zero-order valence-corrected chi connectivity index (χ0v) is 12.9. The van der Waals surface area contributed by atoms with E-state index < -0.39 is 11.4 Å². The highest BCUT2D eigenvalue weighted by Gasteiger charge is 2.44. The molecule has 1 N–H and O–H groups in total. The molecule has 2 rings (SSSR count). The third-order valence-corrected chi connectivity index (χ3v) is 4.51. The lowest BCUT2D eigenvalue weighted by Crippen LogP contribution is -2.36. The van der Waals surface area contributed by atoms with Crippen molar-refractivity contribution in [2.75, 3.05) is 13.1 Å². The molecule has 0 radical (unpaired) electrons. The van der Waals surface area contributed by atoms with Gasteiger partial charge in [0.05, 0.1) is 5.41 Å². The van der Waals surface area contributed by atoms with E-state index in [0.29, 0.717) is 31.5 Å². The quantitative estimate of drug-likeness (QED) is 0.829. The molecule has 1 unspecified atom stereocenters. The van der Waals surface area contributed by atoms with Crippen LogP contribution in [0.25, 0.3) is 0 Å². The van der Waals surface area contributed by atoms with Crippen molar-refractivity contribution in [3.8, 4) is 0 Å². The zero-order chi connectivity index (χ0) is 14.0. The maximum atomic E-state index is 12.4. The van der Waals surface area contributed by atoms with E-state index in [4.69, 9.17) is 0 Å². The first-order valence-corrected chi connectivity index (χ1v) is 7.34. The van der Waals surface area contributed by atoms with Crippen LogP contribution in [0.5, 0.6) is 0 Å². The minimum absolute atomic E-state index is 0.0740. The van der Waals surface area contributed by atoms with Crippen LogP contribution in [0.2, 0.25) is 0 Å². The van der Waals surface area contributed by atoms with Gasteiger partial charge >= 0.3 is 5.97 Å². The lowest BCUT2D eigenvalue weighted by Gasteiger charge is -2.23. The maximum absolute atomic E-state index is 12.4. The summed E-state index contributed by atoms with van der Waals surface area (Å²) in [4.78, 5) is 25.4. The molecule has 0 aromatic heterocycles. The fraction of sp³-hybridized carbons (Fsp3) is 0.429. The standard InChI is InChI=1S/C14H16INO3/c1-2-14(13(18)19)6-7-16(9-14)12(17)10-4-3-5-11(15)8-10/h3-5,8H,2,6-7,9H2,1H3,(H,18,19). The van der Waals surface area contributed by atoms with E-state index in [-0.39, 0.29) is 5.91 Å². The Balaban J connectivity index is 2.17. The Morgan fingerprint density at radius 1 is 1.47 bits per heavy atom. The van der Waals surface area contributed by atoms with Gasteiger partial charge in [0.2, 0.25) is 0 Å². The summed E-state index contributed by atoms with van der Waals surface area (Å²) in [5.41, 5.74) is -0.137. The Morgan fingerprint density at radius 3 is 2.74 bits per heavy atom. The van der Waals surface area contributed by atoms with E-state index in [2.05, 4.69) is 22.6 Å². The largest absolute Gasteiger partial charge is 0.481 e. The third-order valence-electron chi connectivity index (χ3n) is 3.84. The number of rotatable bonds is 3. The number of carbonyl (C=O) groups is 2. The summed E-state index contributed by atoms with van der Waals surface area (Å²) in [7, 11) is 0. The van der Waals surface area contributed by atoms with E-state index in [1.54, 1.807) is 11.0 Å². The molecule has 1 aliphatic heterocycles. The Bertz CT molecular complexity index is 517. The van der Waals surface area contributed by atoms with Crippen molar-refractivity contribution in [2.45, 2.75) is 19.8 Å². The summed E-state index contributed by atoms with van der Waals surface area (Å²) in [5.74, 6) is -0.872. The molecule has 1 amide bonds. The van der Waals surface area contributed by atoms with Crippen LogP contribution in [0, 0.1) is 8.99 Å². The average Bonchev–Trinajstić information content (AvgIpc) is 2.83. The van der Waals surface area contributed by atoms with Crippen molar-refractivity contribution >= 4 is 34.5 Å². The Labute approximate surface area is 125 Å². The monoisotopic (exact) mass is 373 g/mol. The van der Waals surface area contributed by atoms with Crippen LogP contribution in [0.1, 0.15) is 30.1 Å². The predicted octanol–water partition coefficient (Wildman–Crippen LogP) is 2.62. The molecule has 1 atom stereocenters. The summed E-state index contributed by atoms with van der Waals surface area (Å²) in [6.45, 7) is 2.70. The molecule has 1 aliphatic rings. The smallest absolute Gasteiger partial charge is 0.311 e. The van der Waals surface area contributed by atoms with Gasteiger partial charge in [-0.25, -0.2) is 0 Å². The Morgan fingerprint density at radius 2 is 2.21 bits per heavy atom. The van der Waals surface area contributed by atoms with E-state index in [9.17, 15) is 14.7 Å². The van der Waals surface area contributed by atoms with E-state index in [1.165, 1.54) is 0 Å². The zero-order valence-electron chi connectivity index (χ0n) is 10.7. The molecular formula is C14H16INO3. The first kappa shape index (κ1) is 14.3. The predicted molar refractivity (Wildman–Crippen MR) is 80.0 cm³/mol. The van der Waals surface area contributed by atoms with Gasteiger partial charge in [-0.15, -0.1) is 0 Å². The van der Waals surface area contributed by atoms with Crippen LogP contribution >= 0.6 is 22.6 Å². The fourth-order valence-electron chi connectivity index (χ4n) is 2.46. The van der Waals surface area contributed by atoms with Crippen molar-refractivity contribution < 1.29 is 14.7 Å². The SMILES string of the molecule is CCC1(C(=O)O)CCN(C(=O)c2cccc(I)c2)C1. The van der Waals surface area contributed by atoms with Crippen LogP contribution in [-0.4, -0.2) is 35.0 Å². The second-order valence-electron chi connectivity index (χ2n) is 4.93. The molecule has 0 spiro atoms. The molecule has 1 heterocycles. The van der Waals surface area contributed by atoms with Crippen molar-refractivity contribution in [3.63, 3.8) is 0 Å². The minimum Gasteiger partial charge on any atom is -0.481 e. The summed E-state index contributed by atoms with van der Waals surface area (Å²) in [6.07, 6.45) is 1.09. The molecular weight excluding hydrogens is 357 g/mol. The number of amides is 1. The number of hydrogen-bond donors (Lipinski definition) is 1. The number of carbonyl (C=O) groups excluding carboxylic acids is 1. The summed E-state index contributed by atoms with van der Waals surface area (Å²) < 4.78 is 1.00. The molecule has 0 aliphatic carbocycles. The summed E-state index contributed by atoms with van der Waals surface area (Å²) in [5, 5.41) is 9.34. The van der Waals surface area contributed by atoms with Crippen molar-refractivity contribution in [1.29, 1.82) is 0 Å². The molecule has 1 fully saturated rings. The number of aliphatic carboxylic acids is 1. The van der Waals surface area contributed by atoms with E-state index in [0.717, 1.165) is 3.57 Å². The Hall–Kier alpha value is -1.11. The highest BCUT2D eigenvalue weighted by Crippen LogP contribution is 2.34. The molecule has 4 nitrogen and oxygen atoms in total. The molecule has 0 bridgehead atoms. The number of nitrogens with zero attached hydrogens (tertiary/aromatic N) is 1. The third kappa shape index (κ3) is 2.75. The molecule has 1 saturated heterocycles. The number of carboxylic acids is 1. The minimum atomic E-state index is -0.798. The van der Waals surface area contributed by atoms with Gasteiger partial charge in [-0.2, -0.15) is 0 Å². The Kier molecular flexibility index (Phi) is 4.13. The van der Waals surface area contributed by atoms with Crippen molar-refractivity contribution in [3.05, 3.63) is 33.4 Å². The van der Waals surface area contributed by atoms with Crippen LogP contribution < -0.4 is 0 Å². The normalized spacial score (nSPS) is 22.5. The molecule has 1 aromatic rings. The van der Waals surface area contributed by atoms with E-state index in [1.807, 2.05) is 25.1 Å². The average molecular weight is 373 g/mol. The summed E-state index contributed by atoms with van der Waals surface area (Å²) in [6, 6.07) is 7.37. The fourth-order valence-corrected chi connectivity index (χ4v) is 3.01. The van der Waals surface area contributed by atoms with Gasteiger partial charge < -0.3 is 10.0 Å². The number of likely N-dealkylation sites (tertiary alicyclic amines) is 1. The first-order chi connectivity index (χ1) is 8.98. The highest BCUT2D eigenvalue weighted by molar-refractivity contribution is 14.1. The number of benzene rings is 1. The summed E-state index contributed by atoms with van der Waals surface area (Å²) >= 11 is 2.16. The van der Waals surface area contributed by atoms with Crippen LogP contribution in [0.4, 0.5) is 0 Å².